The summed E-state index contributed by atoms with van der Waals surface area (Å²) in [6.07, 6.45) is 3.60. The lowest BCUT2D eigenvalue weighted by atomic mass is 9.84. The van der Waals surface area contributed by atoms with Gasteiger partial charge in [0.1, 0.15) is 0 Å². The first-order valence-electron chi connectivity index (χ1n) is 6.01. The highest BCUT2D eigenvalue weighted by Gasteiger charge is 2.50. The Morgan fingerprint density at radius 2 is 2.00 bits per heavy atom. The number of carbonyl (C=O) groups excluding carboxylic acids is 1. The number of halogens is 2. The lowest BCUT2D eigenvalue weighted by molar-refractivity contribution is -0.115. The molecular weight excluding hydrogens is 370 g/mol. The van der Waals surface area contributed by atoms with Gasteiger partial charge in [0.15, 0.2) is 0 Å². The normalized spacial score (nSPS) is 17.6. The Labute approximate surface area is 130 Å². The minimum absolute atomic E-state index is 0.229. The molecule has 2 nitrogen and oxygen atoms in total. The summed E-state index contributed by atoms with van der Waals surface area (Å²) in [7, 11) is 0. The zero-order valence-electron chi connectivity index (χ0n) is 10.7. The van der Waals surface area contributed by atoms with Crippen molar-refractivity contribution in [2.75, 3.05) is 0 Å². The van der Waals surface area contributed by atoms with E-state index in [9.17, 15) is 4.79 Å². The zero-order valence-corrected chi connectivity index (χ0v) is 13.8. The van der Waals surface area contributed by atoms with Crippen LogP contribution in [0.2, 0.25) is 0 Å². The van der Waals surface area contributed by atoms with Gasteiger partial charge in [0.2, 0.25) is 5.91 Å². The van der Waals surface area contributed by atoms with E-state index in [0.29, 0.717) is 5.57 Å². The van der Waals surface area contributed by atoms with Crippen LogP contribution in [0.3, 0.4) is 0 Å². The van der Waals surface area contributed by atoms with Crippen molar-refractivity contribution >= 4 is 37.8 Å². The first-order chi connectivity index (χ1) is 8.92. The van der Waals surface area contributed by atoms with Crippen LogP contribution < -0.4 is 5.73 Å². The fourth-order valence-electron chi connectivity index (χ4n) is 2.51. The van der Waals surface area contributed by atoms with Crippen molar-refractivity contribution in [3.63, 3.8) is 0 Å². The lowest BCUT2D eigenvalue weighted by Crippen LogP contribution is -2.25. The van der Waals surface area contributed by atoms with Gasteiger partial charge in [-0.3, -0.25) is 4.79 Å². The highest BCUT2D eigenvalue weighted by Crippen LogP contribution is 2.55. The van der Waals surface area contributed by atoms with Crippen LogP contribution in [0.5, 0.6) is 0 Å². The highest BCUT2D eigenvalue weighted by molar-refractivity contribution is 9.13. The Balaban J connectivity index is 2.56. The second-order valence-corrected chi connectivity index (χ2v) is 6.55. The third-order valence-electron chi connectivity index (χ3n) is 3.65. The molecule has 0 aromatic heterocycles. The molecule has 2 N–H and O–H groups in total. The smallest absolute Gasteiger partial charge is 0.245 e. The van der Waals surface area contributed by atoms with Gasteiger partial charge in [0.05, 0.1) is 0 Å². The summed E-state index contributed by atoms with van der Waals surface area (Å²) in [5, 5.41) is 0. The maximum absolute atomic E-state index is 11.8. The minimum Gasteiger partial charge on any atom is -0.366 e. The molecule has 1 aliphatic rings. The van der Waals surface area contributed by atoms with Crippen molar-refractivity contribution in [1.82, 2.24) is 0 Å². The Morgan fingerprint density at radius 3 is 2.42 bits per heavy atom. The van der Waals surface area contributed by atoms with Crippen LogP contribution in [0.1, 0.15) is 25.3 Å². The molecule has 0 atom stereocenters. The minimum atomic E-state index is -0.353. The van der Waals surface area contributed by atoms with Gasteiger partial charge >= 0.3 is 0 Å². The molecule has 2 rings (SSSR count). The van der Waals surface area contributed by atoms with Gasteiger partial charge in [-0.05, 0) is 74.9 Å². The summed E-state index contributed by atoms with van der Waals surface area (Å²) in [5.41, 5.74) is 8.03. The predicted octanol–water partition coefficient (Wildman–Crippen LogP) is 4.23. The molecule has 0 heterocycles. The van der Waals surface area contributed by atoms with E-state index in [1.807, 2.05) is 19.1 Å². The van der Waals surface area contributed by atoms with E-state index in [-0.39, 0.29) is 11.3 Å². The predicted molar refractivity (Wildman–Crippen MR) is 84.8 cm³/mol. The van der Waals surface area contributed by atoms with Crippen molar-refractivity contribution in [3.05, 3.63) is 56.5 Å². The van der Waals surface area contributed by atoms with E-state index in [0.717, 1.165) is 32.9 Å². The van der Waals surface area contributed by atoms with Gasteiger partial charge in [-0.15, -0.1) is 0 Å². The molecule has 1 aliphatic carbocycles. The van der Waals surface area contributed by atoms with Gasteiger partial charge in [-0.2, -0.15) is 0 Å². The number of rotatable bonds is 4. The number of allylic oxidation sites excluding steroid dienone is 2. The van der Waals surface area contributed by atoms with Gasteiger partial charge in [0, 0.05) is 19.9 Å². The molecule has 1 amide bonds. The number of hydrogen-bond acceptors (Lipinski definition) is 1. The average Bonchev–Trinajstić information content (AvgIpc) is 3.13. The van der Waals surface area contributed by atoms with Gasteiger partial charge in [-0.25, -0.2) is 0 Å². The second-order valence-electron chi connectivity index (χ2n) is 4.84. The number of benzene rings is 1. The molecule has 1 aromatic carbocycles. The van der Waals surface area contributed by atoms with E-state index in [1.165, 1.54) is 0 Å². The summed E-state index contributed by atoms with van der Waals surface area (Å²) < 4.78 is 1.98. The van der Waals surface area contributed by atoms with Crippen LogP contribution in [0.15, 0.2) is 50.9 Å². The standard InChI is InChI=1S/C15H15Br2NO/c1-3-9(2)13(14(18)19)15(6-7-15)10-4-5-11(16)12(17)8-10/h3-5,8H,1,6-7H2,2H3,(H2,18,19)/b13-9-. The molecule has 0 radical (unpaired) electrons. The Bertz CT molecular complexity index is 586. The first-order valence-corrected chi connectivity index (χ1v) is 7.60. The fraction of sp³-hybridized carbons (Fsp3) is 0.267. The van der Waals surface area contributed by atoms with E-state index in [4.69, 9.17) is 5.73 Å². The summed E-state index contributed by atoms with van der Waals surface area (Å²) in [5.74, 6) is -0.353. The van der Waals surface area contributed by atoms with E-state index in [2.05, 4.69) is 44.5 Å². The highest BCUT2D eigenvalue weighted by atomic mass is 79.9. The Kier molecular flexibility index (Phi) is 4.02. The number of nitrogens with two attached hydrogens (primary N) is 1. The second kappa shape index (κ2) is 5.25. The van der Waals surface area contributed by atoms with Crippen molar-refractivity contribution in [3.8, 4) is 0 Å². The molecular formula is C15H15Br2NO. The largest absolute Gasteiger partial charge is 0.366 e. The van der Waals surface area contributed by atoms with Gasteiger partial charge < -0.3 is 5.73 Å². The molecule has 100 valence electrons. The molecule has 0 unspecified atom stereocenters. The van der Waals surface area contributed by atoms with Crippen LogP contribution in [0.4, 0.5) is 0 Å². The van der Waals surface area contributed by atoms with Gasteiger partial charge in [-0.1, -0.05) is 18.7 Å². The fourth-order valence-corrected chi connectivity index (χ4v) is 3.14. The quantitative estimate of drug-likeness (QED) is 0.612. The molecule has 0 bridgehead atoms. The van der Waals surface area contributed by atoms with E-state index < -0.39 is 0 Å². The maximum Gasteiger partial charge on any atom is 0.245 e. The Hall–Kier alpha value is -0.870. The third-order valence-corrected chi connectivity index (χ3v) is 5.53. The van der Waals surface area contributed by atoms with Crippen molar-refractivity contribution in [1.29, 1.82) is 0 Å². The van der Waals surface area contributed by atoms with Crippen LogP contribution in [0.25, 0.3) is 0 Å². The molecule has 4 heteroatoms. The average molecular weight is 385 g/mol. The zero-order chi connectivity index (χ0) is 14.2. The summed E-state index contributed by atoms with van der Waals surface area (Å²) in [6.45, 7) is 5.64. The first kappa shape index (κ1) is 14.5. The molecule has 0 spiro atoms. The van der Waals surface area contributed by atoms with Crippen LogP contribution in [-0.4, -0.2) is 5.91 Å². The van der Waals surface area contributed by atoms with Crippen LogP contribution in [-0.2, 0) is 10.2 Å². The van der Waals surface area contributed by atoms with Crippen molar-refractivity contribution in [2.24, 2.45) is 5.73 Å². The SMILES string of the molecule is C=C/C(C)=C(/C(N)=O)C1(c2ccc(Br)c(Br)c2)CC1. The molecule has 1 aromatic rings. The molecule has 19 heavy (non-hydrogen) atoms. The molecule has 1 fully saturated rings. The van der Waals surface area contributed by atoms with E-state index in [1.54, 1.807) is 6.08 Å². The lowest BCUT2D eigenvalue weighted by Gasteiger charge is -2.20. The van der Waals surface area contributed by atoms with E-state index >= 15 is 0 Å². The monoisotopic (exact) mass is 383 g/mol. The van der Waals surface area contributed by atoms with Crippen LogP contribution in [0, 0.1) is 0 Å². The van der Waals surface area contributed by atoms with Crippen LogP contribution >= 0.6 is 31.9 Å². The topological polar surface area (TPSA) is 43.1 Å². The van der Waals surface area contributed by atoms with Crippen molar-refractivity contribution in [2.45, 2.75) is 25.2 Å². The number of hydrogen-bond donors (Lipinski definition) is 1. The van der Waals surface area contributed by atoms with Crippen molar-refractivity contribution < 1.29 is 4.79 Å². The molecule has 0 saturated heterocycles. The summed E-state index contributed by atoms with van der Waals surface area (Å²) in [6, 6.07) is 6.08. The molecule has 1 saturated carbocycles. The maximum atomic E-state index is 11.8. The summed E-state index contributed by atoms with van der Waals surface area (Å²) in [4.78, 5) is 11.8. The molecule has 0 aliphatic heterocycles. The number of carbonyl (C=O) groups is 1. The summed E-state index contributed by atoms with van der Waals surface area (Å²) >= 11 is 6.97. The Morgan fingerprint density at radius 1 is 1.37 bits per heavy atom. The van der Waals surface area contributed by atoms with Gasteiger partial charge in [0.25, 0.3) is 0 Å². The number of amides is 1. The third kappa shape index (κ3) is 2.56. The number of primary amides is 1.